The van der Waals surface area contributed by atoms with Crippen LogP contribution in [-0.4, -0.2) is 19.5 Å². The molecule has 4 heterocycles. The molecule has 0 saturated heterocycles. The van der Waals surface area contributed by atoms with E-state index in [0.717, 1.165) is 99.8 Å². The van der Waals surface area contributed by atoms with Gasteiger partial charge in [0.1, 0.15) is 6.26 Å². The SMILES string of the molecule is c1ccc(-c2cccc(-c3nc(-c4cccc(-c5cc(-c6ccc7c(ccn7-c7ccc8ccccc8c7)c6)cc(-c6cnc7occ(-c8ccccc8)c7c6)c5)c4)nc4ccccc34)c2)cc1. The lowest BCUT2D eigenvalue weighted by molar-refractivity contribution is 0.604. The number of para-hydroxylation sites is 1. The smallest absolute Gasteiger partial charge is 0.226 e. The van der Waals surface area contributed by atoms with Crippen molar-refractivity contribution in [2.24, 2.45) is 0 Å². The van der Waals surface area contributed by atoms with E-state index in [-0.39, 0.29) is 0 Å². The third kappa shape index (κ3) is 7.11. The number of aromatic nitrogens is 4. The lowest BCUT2D eigenvalue weighted by Gasteiger charge is -2.14. The first kappa shape index (κ1) is 39.2. The summed E-state index contributed by atoms with van der Waals surface area (Å²) >= 11 is 0. The van der Waals surface area contributed by atoms with E-state index < -0.39 is 0 Å². The van der Waals surface area contributed by atoms with Crippen molar-refractivity contribution in [3.8, 4) is 84.0 Å². The standard InChI is InChI=1S/C63H40N4O/c1-3-13-41(14-4-1)44-19-11-21-49(32-44)61-56-23-9-10-24-59(56)65-62(66-61)50-22-12-20-45(33-50)51-34-52(36-53(35-51)54-38-57-58(40-68-63(57)64-39-54)43-16-5-2-6-17-43)47-26-28-60-48(31-47)29-30-67(60)55-27-25-42-15-7-8-18-46(42)37-55/h1-40H. The summed E-state index contributed by atoms with van der Waals surface area (Å²) in [5.41, 5.74) is 17.5. The Bertz CT molecular complexity index is 4040. The van der Waals surface area contributed by atoms with Gasteiger partial charge in [-0.15, -0.1) is 0 Å². The normalized spacial score (nSPS) is 11.5. The molecule has 4 aromatic heterocycles. The maximum absolute atomic E-state index is 6.00. The highest BCUT2D eigenvalue weighted by atomic mass is 16.3. The molecule has 9 aromatic carbocycles. The molecular weight excluding hydrogens is 829 g/mol. The Morgan fingerprint density at radius 2 is 1.00 bits per heavy atom. The van der Waals surface area contributed by atoms with Gasteiger partial charge in [0.2, 0.25) is 5.71 Å². The van der Waals surface area contributed by atoms with Crippen LogP contribution in [0.2, 0.25) is 0 Å². The van der Waals surface area contributed by atoms with Crippen molar-refractivity contribution in [3.63, 3.8) is 0 Å². The third-order valence-corrected chi connectivity index (χ3v) is 13.1. The zero-order chi connectivity index (χ0) is 45.0. The highest BCUT2D eigenvalue weighted by Gasteiger charge is 2.17. The van der Waals surface area contributed by atoms with Crippen molar-refractivity contribution in [2.45, 2.75) is 0 Å². The largest absolute Gasteiger partial charge is 0.445 e. The maximum atomic E-state index is 6.00. The van der Waals surface area contributed by atoms with E-state index >= 15 is 0 Å². The molecule has 13 rings (SSSR count). The third-order valence-electron chi connectivity index (χ3n) is 13.1. The van der Waals surface area contributed by atoms with Crippen LogP contribution in [0, 0.1) is 0 Å². The van der Waals surface area contributed by atoms with Crippen LogP contribution < -0.4 is 0 Å². The molecule has 0 atom stereocenters. The molecule has 0 aliphatic heterocycles. The van der Waals surface area contributed by atoms with Gasteiger partial charge in [-0.05, 0) is 128 Å². The van der Waals surface area contributed by atoms with Crippen LogP contribution >= 0.6 is 0 Å². The Morgan fingerprint density at radius 3 is 1.82 bits per heavy atom. The van der Waals surface area contributed by atoms with Gasteiger partial charge in [-0.1, -0.05) is 152 Å². The fraction of sp³-hybridized carbons (Fsp3) is 0. The molecule has 0 amide bonds. The average molecular weight is 869 g/mol. The van der Waals surface area contributed by atoms with Crippen LogP contribution in [0.25, 0.3) is 128 Å². The number of nitrogens with zero attached hydrogens (tertiary/aromatic N) is 4. The molecule has 318 valence electrons. The number of fused-ring (bicyclic) bond motifs is 4. The summed E-state index contributed by atoms with van der Waals surface area (Å²) in [5, 5.41) is 5.60. The van der Waals surface area contributed by atoms with Crippen molar-refractivity contribution in [3.05, 3.63) is 243 Å². The fourth-order valence-electron chi connectivity index (χ4n) is 9.66. The van der Waals surface area contributed by atoms with E-state index in [2.05, 4.69) is 217 Å². The molecule has 0 aliphatic rings. The van der Waals surface area contributed by atoms with E-state index in [9.17, 15) is 0 Å². The summed E-state index contributed by atoms with van der Waals surface area (Å²) in [6, 6.07) is 79.6. The Balaban J connectivity index is 0.941. The summed E-state index contributed by atoms with van der Waals surface area (Å²) in [6.07, 6.45) is 5.90. The fourth-order valence-corrected chi connectivity index (χ4v) is 9.66. The van der Waals surface area contributed by atoms with Gasteiger partial charge >= 0.3 is 0 Å². The molecule has 0 radical (unpaired) electrons. The van der Waals surface area contributed by atoms with Gasteiger partial charge < -0.3 is 8.98 Å². The van der Waals surface area contributed by atoms with Crippen LogP contribution in [0.1, 0.15) is 0 Å². The number of furan rings is 1. The van der Waals surface area contributed by atoms with Gasteiger partial charge in [-0.25, -0.2) is 15.0 Å². The van der Waals surface area contributed by atoms with Crippen molar-refractivity contribution < 1.29 is 4.42 Å². The van der Waals surface area contributed by atoms with Crippen molar-refractivity contribution >= 4 is 43.7 Å². The van der Waals surface area contributed by atoms with Crippen LogP contribution in [0.3, 0.4) is 0 Å². The lowest BCUT2D eigenvalue weighted by atomic mass is 9.92. The summed E-state index contributed by atoms with van der Waals surface area (Å²) < 4.78 is 8.27. The summed E-state index contributed by atoms with van der Waals surface area (Å²) in [7, 11) is 0. The molecule has 0 saturated carbocycles. The maximum Gasteiger partial charge on any atom is 0.226 e. The van der Waals surface area contributed by atoms with Gasteiger partial charge in [-0.2, -0.15) is 0 Å². The van der Waals surface area contributed by atoms with Crippen LogP contribution in [0.4, 0.5) is 0 Å². The minimum atomic E-state index is 0.611. The topological polar surface area (TPSA) is 56.7 Å². The predicted molar refractivity (Wildman–Crippen MR) is 279 cm³/mol. The monoisotopic (exact) mass is 868 g/mol. The number of pyridine rings is 1. The number of rotatable bonds is 8. The van der Waals surface area contributed by atoms with Crippen molar-refractivity contribution in [1.29, 1.82) is 0 Å². The summed E-state index contributed by atoms with van der Waals surface area (Å²) in [6.45, 7) is 0. The Labute approximate surface area is 392 Å². The predicted octanol–water partition coefficient (Wildman–Crippen LogP) is 16.5. The first-order valence-electron chi connectivity index (χ1n) is 22.9. The molecular formula is C63H40N4O. The minimum absolute atomic E-state index is 0.611. The highest BCUT2D eigenvalue weighted by Crippen LogP contribution is 2.39. The van der Waals surface area contributed by atoms with Crippen LogP contribution in [-0.2, 0) is 0 Å². The highest BCUT2D eigenvalue weighted by molar-refractivity contribution is 5.97. The van der Waals surface area contributed by atoms with Gasteiger partial charge in [0.25, 0.3) is 0 Å². The van der Waals surface area contributed by atoms with Crippen molar-refractivity contribution in [1.82, 2.24) is 19.5 Å². The summed E-state index contributed by atoms with van der Waals surface area (Å²) in [5.74, 6) is 0.673. The second kappa shape index (κ2) is 16.4. The van der Waals surface area contributed by atoms with Gasteiger partial charge in [-0.3, -0.25) is 0 Å². The van der Waals surface area contributed by atoms with Crippen LogP contribution in [0.5, 0.6) is 0 Å². The van der Waals surface area contributed by atoms with E-state index in [1.54, 1.807) is 0 Å². The second-order valence-corrected chi connectivity index (χ2v) is 17.3. The summed E-state index contributed by atoms with van der Waals surface area (Å²) in [4.78, 5) is 15.4. The molecule has 0 fully saturated rings. The zero-order valence-electron chi connectivity index (χ0n) is 36.8. The van der Waals surface area contributed by atoms with Gasteiger partial charge in [0.15, 0.2) is 5.82 Å². The van der Waals surface area contributed by atoms with E-state index in [1.165, 1.54) is 16.3 Å². The number of hydrogen-bond acceptors (Lipinski definition) is 4. The van der Waals surface area contributed by atoms with Gasteiger partial charge in [0, 0.05) is 56.5 Å². The molecule has 0 aliphatic carbocycles. The molecule has 0 unspecified atom stereocenters. The molecule has 5 heteroatoms. The second-order valence-electron chi connectivity index (χ2n) is 17.3. The minimum Gasteiger partial charge on any atom is -0.445 e. The molecule has 0 N–H and O–H groups in total. The first-order chi connectivity index (χ1) is 33.6. The molecule has 68 heavy (non-hydrogen) atoms. The lowest BCUT2D eigenvalue weighted by Crippen LogP contribution is -1.96. The molecule has 0 spiro atoms. The van der Waals surface area contributed by atoms with E-state index in [4.69, 9.17) is 19.4 Å². The van der Waals surface area contributed by atoms with Crippen molar-refractivity contribution in [2.75, 3.05) is 0 Å². The van der Waals surface area contributed by atoms with E-state index in [1.807, 2.05) is 30.7 Å². The molecule has 0 bridgehead atoms. The quantitative estimate of drug-likeness (QED) is 0.153. The first-order valence-corrected chi connectivity index (χ1v) is 22.9. The van der Waals surface area contributed by atoms with Gasteiger partial charge in [0.05, 0.1) is 16.7 Å². The number of hydrogen-bond donors (Lipinski definition) is 0. The zero-order valence-corrected chi connectivity index (χ0v) is 36.8. The molecule has 13 aromatic rings. The van der Waals surface area contributed by atoms with Crippen LogP contribution in [0.15, 0.2) is 248 Å². The number of benzene rings is 9. The molecule has 5 nitrogen and oxygen atoms in total. The Morgan fingerprint density at radius 1 is 0.368 bits per heavy atom. The van der Waals surface area contributed by atoms with E-state index in [0.29, 0.717) is 11.5 Å². The Kier molecular flexibility index (Phi) is 9.43. The average Bonchev–Trinajstić information content (AvgIpc) is 4.05. The Hall–Kier alpha value is -9.19.